The number of nitrogens with zero attached hydrogens (tertiary/aromatic N) is 1. The van der Waals surface area contributed by atoms with Crippen molar-refractivity contribution < 1.29 is 13.6 Å². The van der Waals surface area contributed by atoms with E-state index in [-0.39, 0.29) is 24.4 Å². The molecule has 1 saturated carbocycles. The summed E-state index contributed by atoms with van der Waals surface area (Å²) in [5, 5.41) is 3.23. The summed E-state index contributed by atoms with van der Waals surface area (Å²) in [6.07, 6.45) is 1.95. The van der Waals surface area contributed by atoms with E-state index in [1.165, 1.54) is 12.1 Å². The van der Waals surface area contributed by atoms with Crippen molar-refractivity contribution in [1.82, 2.24) is 10.2 Å². The zero-order chi connectivity index (χ0) is 15.0. The fourth-order valence-corrected chi connectivity index (χ4v) is 2.96. The zero-order valence-corrected chi connectivity index (χ0v) is 12.1. The Hall–Kier alpha value is -1.49. The Labute approximate surface area is 123 Å². The van der Waals surface area contributed by atoms with Gasteiger partial charge in [0, 0.05) is 30.8 Å². The number of halogens is 2. The molecule has 5 heteroatoms. The lowest BCUT2D eigenvalue weighted by atomic mass is 9.96. The molecule has 1 aromatic rings. The van der Waals surface area contributed by atoms with Gasteiger partial charge in [-0.3, -0.25) is 4.79 Å². The van der Waals surface area contributed by atoms with E-state index in [9.17, 15) is 13.6 Å². The Kier molecular flexibility index (Phi) is 3.93. The van der Waals surface area contributed by atoms with Gasteiger partial charge in [-0.05, 0) is 31.4 Å². The average Bonchev–Trinajstić information content (AvgIpc) is 3.19. The van der Waals surface area contributed by atoms with Gasteiger partial charge in [0.2, 0.25) is 5.91 Å². The smallest absolute Gasteiger partial charge is 0.227 e. The molecular formula is C16H20F2N2O. The number of benzene rings is 1. The predicted molar refractivity (Wildman–Crippen MR) is 75.5 cm³/mol. The highest BCUT2D eigenvalue weighted by Crippen LogP contribution is 2.32. The third-order valence-corrected chi connectivity index (χ3v) is 4.46. The molecule has 3 rings (SSSR count). The van der Waals surface area contributed by atoms with Crippen LogP contribution in [0.5, 0.6) is 0 Å². The zero-order valence-electron chi connectivity index (χ0n) is 12.1. The van der Waals surface area contributed by atoms with Crippen molar-refractivity contribution in [2.75, 3.05) is 13.1 Å². The maximum atomic E-state index is 13.8. The van der Waals surface area contributed by atoms with E-state index in [0.29, 0.717) is 18.0 Å². The van der Waals surface area contributed by atoms with Crippen LogP contribution in [-0.4, -0.2) is 29.9 Å². The maximum Gasteiger partial charge on any atom is 0.227 e. The minimum atomic E-state index is -0.589. The van der Waals surface area contributed by atoms with Gasteiger partial charge < -0.3 is 10.2 Å². The molecular weight excluding hydrogens is 274 g/mol. The van der Waals surface area contributed by atoms with Crippen LogP contribution in [0.2, 0.25) is 0 Å². The Morgan fingerprint density at radius 3 is 2.67 bits per heavy atom. The summed E-state index contributed by atoms with van der Waals surface area (Å²) in [5.74, 6) is -0.801. The molecule has 0 bridgehead atoms. The molecule has 1 N–H and O–H groups in total. The van der Waals surface area contributed by atoms with Crippen molar-refractivity contribution in [3.8, 4) is 0 Å². The van der Waals surface area contributed by atoms with E-state index in [1.54, 1.807) is 4.90 Å². The first kappa shape index (κ1) is 14.4. The van der Waals surface area contributed by atoms with E-state index in [1.807, 2.05) is 0 Å². The number of hydrogen-bond acceptors (Lipinski definition) is 2. The SMILES string of the molecule is CC1CNCC1C(=O)N(Cc1ccc(F)cc1F)C1CC1. The highest BCUT2D eigenvalue weighted by Gasteiger charge is 2.39. The molecule has 0 spiro atoms. The third-order valence-electron chi connectivity index (χ3n) is 4.46. The molecule has 3 nitrogen and oxygen atoms in total. The maximum absolute atomic E-state index is 13.8. The minimum absolute atomic E-state index is 0.0332. The average molecular weight is 294 g/mol. The van der Waals surface area contributed by atoms with Gasteiger partial charge in [-0.1, -0.05) is 13.0 Å². The molecule has 2 fully saturated rings. The van der Waals surface area contributed by atoms with E-state index < -0.39 is 11.6 Å². The van der Waals surface area contributed by atoms with Crippen molar-refractivity contribution in [1.29, 1.82) is 0 Å². The van der Waals surface area contributed by atoms with E-state index in [0.717, 1.165) is 25.5 Å². The van der Waals surface area contributed by atoms with Gasteiger partial charge in [0.05, 0.1) is 5.92 Å². The van der Waals surface area contributed by atoms with E-state index in [4.69, 9.17) is 0 Å². The van der Waals surface area contributed by atoms with Crippen LogP contribution in [0.25, 0.3) is 0 Å². The summed E-state index contributed by atoms with van der Waals surface area (Å²) >= 11 is 0. The first-order chi connectivity index (χ1) is 10.1. The first-order valence-electron chi connectivity index (χ1n) is 7.51. The molecule has 2 aliphatic rings. The lowest BCUT2D eigenvalue weighted by molar-refractivity contribution is -0.137. The monoisotopic (exact) mass is 294 g/mol. The largest absolute Gasteiger partial charge is 0.335 e. The van der Waals surface area contributed by atoms with Gasteiger partial charge in [-0.25, -0.2) is 8.78 Å². The number of hydrogen-bond donors (Lipinski definition) is 1. The summed E-state index contributed by atoms with van der Waals surface area (Å²) < 4.78 is 26.8. The molecule has 0 radical (unpaired) electrons. The second kappa shape index (κ2) is 5.72. The summed E-state index contributed by atoms with van der Waals surface area (Å²) in [6.45, 7) is 3.83. The van der Waals surface area contributed by atoms with Crippen molar-refractivity contribution in [3.05, 3.63) is 35.4 Å². The molecule has 21 heavy (non-hydrogen) atoms. The molecule has 0 aromatic heterocycles. The van der Waals surface area contributed by atoms with Crippen LogP contribution in [0.1, 0.15) is 25.3 Å². The molecule has 114 valence electrons. The van der Waals surface area contributed by atoms with Crippen LogP contribution >= 0.6 is 0 Å². The summed E-state index contributed by atoms with van der Waals surface area (Å²) in [6, 6.07) is 3.77. The number of carbonyl (C=O) groups is 1. The fourth-order valence-electron chi connectivity index (χ4n) is 2.96. The van der Waals surface area contributed by atoms with Gasteiger partial charge in [-0.15, -0.1) is 0 Å². The first-order valence-corrected chi connectivity index (χ1v) is 7.51. The highest BCUT2D eigenvalue weighted by molar-refractivity contribution is 5.80. The molecule has 1 aliphatic carbocycles. The van der Waals surface area contributed by atoms with Gasteiger partial charge in [-0.2, -0.15) is 0 Å². The van der Waals surface area contributed by atoms with Crippen molar-refractivity contribution in [3.63, 3.8) is 0 Å². The topological polar surface area (TPSA) is 32.3 Å². The Bertz CT molecular complexity index is 545. The van der Waals surface area contributed by atoms with Crippen LogP contribution in [0.4, 0.5) is 8.78 Å². The molecule has 1 heterocycles. The Morgan fingerprint density at radius 1 is 1.33 bits per heavy atom. The second-order valence-electron chi connectivity index (χ2n) is 6.18. The lowest BCUT2D eigenvalue weighted by Crippen LogP contribution is -2.40. The normalized spacial score (nSPS) is 25.1. The van der Waals surface area contributed by atoms with Crippen LogP contribution in [0.15, 0.2) is 18.2 Å². The standard InChI is InChI=1S/C16H20F2N2O/c1-10-7-19-8-14(10)16(21)20(13-4-5-13)9-11-2-3-12(17)6-15(11)18/h2-3,6,10,13-14,19H,4-5,7-9H2,1H3. The number of carbonyl (C=O) groups excluding carboxylic acids is 1. The second-order valence-corrected chi connectivity index (χ2v) is 6.18. The lowest BCUT2D eigenvalue weighted by Gasteiger charge is -2.27. The molecule has 1 amide bonds. The molecule has 2 atom stereocenters. The molecule has 1 aromatic carbocycles. The van der Waals surface area contributed by atoms with Crippen LogP contribution in [0, 0.1) is 23.5 Å². The number of rotatable bonds is 4. The summed E-state index contributed by atoms with van der Waals surface area (Å²) in [7, 11) is 0. The highest BCUT2D eigenvalue weighted by atomic mass is 19.1. The Morgan fingerprint density at radius 2 is 2.10 bits per heavy atom. The van der Waals surface area contributed by atoms with Gasteiger partial charge >= 0.3 is 0 Å². The van der Waals surface area contributed by atoms with Crippen LogP contribution in [-0.2, 0) is 11.3 Å². The fraction of sp³-hybridized carbons (Fsp3) is 0.562. The van der Waals surface area contributed by atoms with Crippen LogP contribution in [0.3, 0.4) is 0 Å². The summed E-state index contributed by atoms with van der Waals surface area (Å²) in [4.78, 5) is 14.5. The van der Waals surface area contributed by atoms with Gasteiger partial charge in [0.1, 0.15) is 11.6 Å². The quantitative estimate of drug-likeness (QED) is 0.924. The molecule has 2 unspecified atom stereocenters. The third kappa shape index (κ3) is 3.07. The van der Waals surface area contributed by atoms with Crippen LogP contribution < -0.4 is 5.32 Å². The van der Waals surface area contributed by atoms with Crippen molar-refractivity contribution >= 4 is 5.91 Å². The summed E-state index contributed by atoms with van der Waals surface area (Å²) in [5.41, 5.74) is 0.384. The van der Waals surface area contributed by atoms with Crippen molar-refractivity contribution in [2.24, 2.45) is 11.8 Å². The van der Waals surface area contributed by atoms with E-state index >= 15 is 0 Å². The minimum Gasteiger partial charge on any atom is -0.335 e. The van der Waals surface area contributed by atoms with Gasteiger partial charge in [0.25, 0.3) is 0 Å². The molecule has 1 aliphatic heterocycles. The Balaban J connectivity index is 1.77. The van der Waals surface area contributed by atoms with E-state index in [2.05, 4.69) is 12.2 Å². The predicted octanol–water partition coefficient (Wildman–Crippen LogP) is 2.31. The number of nitrogens with one attached hydrogen (secondary N) is 1. The molecule has 1 saturated heterocycles. The van der Waals surface area contributed by atoms with Gasteiger partial charge in [0.15, 0.2) is 0 Å². The number of amides is 1. The van der Waals surface area contributed by atoms with Crippen molar-refractivity contribution in [2.45, 2.75) is 32.4 Å².